The molecule has 0 atom stereocenters. The molecule has 1 heterocycles. The highest BCUT2D eigenvalue weighted by molar-refractivity contribution is 6.31. The molecule has 0 amide bonds. The molecule has 3 rings (SSSR count). The maximum atomic E-state index is 13.8. The van der Waals surface area contributed by atoms with E-state index in [-0.39, 0.29) is 18.3 Å². The fourth-order valence-electron chi connectivity index (χ4n) is 2.82. The molecule has 0 fully saturated rings. The van der Waals surface area contributed by atoms with E-state index >= 15 is 0 Å². The zero-order valence-corrected chi connectivity index (χ0v) is 15.9. The molecular formula is C20H18ClF2N3O. The Hall–Kier alpha value is -2.73. The predicted octanol–water partition coefficient (Wildman–Crippen LogP) is 4.89. The Bertz CT molecular complexity index is 1060. The third-order valence-electron chi connectivity index (χ3n) is 4.16. The molecule has 0 spiro atoms. The summed E-state index contributed by atoms with van der Waals surface area (Å²) in [6.45, 7) is 5.63. The normalized spacial score (nSPS) is 10.9. The number of benzene rings is 2. The van der Waals surface area contributed by atoms with Gasteiger partial charge in [-0.3, -0.25) is 4.79 Å². The van der Waals surface area contributed by atoms with Gasteiger partial charge < -0.3 is 9.88 Å². The SMILES string of the molecule is Cc1cc(F)cc(Cn2cc(F)c(=O)nc2Nc2cc(C)c(Cl)cc2C)c1. The van der Waals surface area contributed by atoms with Crippen molar-refractivity contribution >= 4 is 23.2 Å². The fraction of sp³-hybridized carbons (Fsp3) is 0.200. The van der Waals surface area contributed by atoms with E-state index in [4.69, 9.17) is 11.6 Å². The van der Waals surface area contributed by atoms with Crippen molar-refractivity contribution in [2.24, 2.45) is 0 Å². The van der Waals surface area contributed by atoms with Gasteiger partial charge in [-0.2, -0.15) is 9.37 Å². The van der Waals surface area contributed by atoms with Crippen LogP contribution in [0.5, 0.6) is 0 Å². The van der Waals surface area contributed by atoms with Crippen LogP contribution in [0.25, 0.3) is 0 Å². The molecular weight excluding hydrogens is 372 g/mol. The number of nitrogens with one attached hydrogen (secondary N) is 1. The highest BCUT2D eigenvalue weighted by atomic mass is 35.5. The Balaban J connectivity index is 2.04. The van der Waals surface area contributed by atoms with E-state index in [1.54, 1.807) is 19.1 Å². The van der Waals surface area contributed by atoms with E-state index in [0.29, 0.717) is 16.3 Å². The van der Waals surface area contributed by atoms with Gasteiger partial charge in [0.1, 0.15) is 5.82 Å². The maximum absolute atomic E-state index is 13.8. The van der Waals surface area contributed by atoms with Crippen molar-refractivity contribution in [1.82, 2.24) is 9.55 Å². The fourth-order valence-corrected chi connectivity index (χ4v) is 3.04. The number of rotatable bonds is 4. The Morgan fingerprint density at radius 2 is 1.81 bits per heavy atom. The van der Waals surface area contributed by atoms with Crippen molar-refractivity contribution in [2.75, 3.05) is 5.32 Å². The summed E-state index contributed by atoms with van der Waals surface area (Å²) in [6.07, 6.45) is 1.07. The van der Waals surface area contributed by atoms with Crippen molar-refractivity contribution in [3.05, 3.63) is 85.8 Å². The average Bonchev–Trinajstić information content (AvgIpc) is 2.56. The van der Waals surface area contributed by atoms with E-state index in [0.717, 1.165) is 22.9 Å². The molecule has 0 aliphatic carbocycles. The molecule has 0 aliphatic rings. The molecule has 0 aliphatic heterocycles. The minimum atomic E-state index is -0.974. The lowest BCUT2D eigenvalue weighted by atomic mass is 10.1. The van der Waals surface area contributed by atoms with E-state index < -0.39 is 11.4 Å². The van der Waals surface area contributed by atoms with Crippen molar-refractivity contribution in [2.45, 2.75) is 27.3 Å². The summed E-state index contributed by atoms with van der Waals surface area (Å²) in [5.41, 5.74) is 2.80. The summed E-state index contributed by atoms with van der Waals surface area (Å²) < 4.78 is 29.0. The number of halogens is 3. The lowest BCUT2D eigenvalue weighted by molar-refractivity contribution is 0.578. The monoisotopic (exact) mass is 389 g/mol. The molecule has 140 valence electrons. The van der Waals surface area contributed by atoms with Crippen LogP contribution in [0.15, 0.2) is 41.3 Å². The topological polar surface area (TPSA) is 46.9 Å². The van der Waals surface area contributed by atoms with Crippen molar-refractivity contribution in [3.8, 4) is 0 Å². The lowest BCUT2D eigenvalue weighted by Crippen LogP contribution is -2.20. The Morgan fingerprint density at radius 1 is 1.07 bits per heavy atom. The molecule has 1 N–H and O–H groups in total. The number of hydrogen-bond donors (Lipinski definition) is 1. The van der Waals surface area contributed by atoms with Crippen LogP contribution in [0.1, 0.15) is 22.3 Å². The highest BCUT2D eigenvalue weighted by Gasteiger charge is 2.12. The van der Waals surface area contributed by atoms with Crippen LogP contribution < -0.4 is 10.9 Å². The minimum absolute atomic E-state index is 0.150. The van der Waals surface area contributed by atoms with Crippen LogP contribution in [-0.2, 0) is 6.54 Å². The highest BCUT2D eigenvalue weighted by Crippen LogP contribution is 2.26. The molecule has 0 saturated carbocycles. The quantitative estimate of drug-likeness (QED) is 0.691. The van der Waals surface area contributed by atoms with Gasteiger partial charge in [-0.15, -0.1) is 0 Å². The first-order valence-corrected chi connectivity index (χ1v) is 8.67. The smallest absolute Gasteiger partial charge is 0.310 e. The summed E-state index contributed by atoms with van der Waals surface area (Å²) in [5.74, 6) is -1.19. The van der Waals surface area contributed by atoms with Gasteiger partial charge in [0.15, 0.2) is 0 Å². The second-order valence-corrected chi connectivity index (χ2v) is 6.93. The van der Waals surface area contributed by atoms with Gasteiger partial charge in [-0.25, -0.2) is 4.39 Å². The molecule has 0 unspecified atom stereocenters. The van der Waals surface area contributed by atoms with E-state index in [2.05, 4.69) is 10.3 Å². The molecule has 4 nitrogen and oxygen atoms in total. The van der Waals surface area contributed by atoms with Gasteiger partial charge in [-0.05, 0) is 67.3 Å². The van der Waals surface area contributed by atoms with Crippen LogP contribution in [0.2, 0.25) is 5.02 Å². The van der Waals surface area contributed by atoms with Crippen molar-refractivity contribution < 1.29 is 8.78 Å². The Kier molecular flexibility index (Phi) is 5.28. The molecule has 3 aromatic rings. The summed E-state index contributed by atoms with van der Waals surface area (Å²) >= 11 is 6.12. The molecule has 27 heavy (non-hydrogen) atoms. The molecule has 0 saturated heterocycles. The molecule has 1 aromatic heterocycles. The average molecular weight is 390 g/mol. The summed E-state index contributed by atoms with van der Waals surface area (Å²) in [6, 6.07) is 8.18. The van der Waals surface area contributed by atoms with Crippen LogP contribution in [-0.4, -0.2) is 9.55 Å². The first-order valence-electron chi connectivity index (χ1n) is 8.30. The van der Waals surface area contributed by atoms with E-state index in [9.17, 15) is 13.6 Å². The summed E-state index contributed by atoms with van der Waals surface area (Å²) in [4.78, 5) is 15.5. The van der Waals surface area contributed by atoms with Crippen LogP contribution >= 0.6 is 11.6 Å². The van der Waals surface area contributed by atoms with Gasteiger partial charge >= 0.3 is 5.56 Å². The van der Waals surface area contributed by atoms with Gasteiger partial charge in [0.2, 0.25) is 11.8 Å². The molecule has 7 heteroatoms. The number of nitrogens with zero attached hydrogens (tertiary/aromatic N) is 2. The Morgan fingerprint density at radius 3 is 2.52 bits per heavy atom. The van der Waals surface area contributed by atoms with Gasteiger partial charge in [0.25, 0.3) is 0 Å². The summed E-state index contributed by atoms with van der Waals surface area (Å²) in [7, 11) is 0. The molecule has 2 aromatic carbocycles. The van der Waals surface area contributed by atoms with Crippen molar-refractivity contribution in [3.63, 3.8) is 0 Å². The maximum Gasteiger partial charge on any atom is 0.310 e. The van der Waals surface area contributed by atoms with E-state index in [1.165, 1.54) is 16.7 Å². The molecule has 0 bridgehead atoms. The van der Waals surface area contributed by atoms with Crippen LogP contribution in [0.3, 0.4) is 0 Å². The minimum Gasteiger partial charge on any atom is -0.325 e. The number of anilines is 2. The van der Waals surface area contributed by atoms with Gasteiger partial charge in [0, 0.05) is 16.9 Å². The largest absolute Gasteiger partial charge is 0.325 e. The third-order valence-corrected chi connectivity index (χ3v) is 4.57. The van der Waals surface area contributed by atoms with Crippen LogP contribution in [0, 0.1) is 32.4 Å². The van der Waals surface area contributed by atoms with Crippen molar-refractivity contribution in [1.29, 1.82) is 0 Å². The zero-order chi connectivity index (χ0) is 19.7. The zero-order valence-electron chi connectivity index (χ0n) is 15.1. The molecule has 0 radical (unpaired) electrons. The second-order valence-electron chi connectivity index (χ2n) is 6.52. The first kappa shape index (κ1) is 19.0. The predicted molar refractivity (Wildman–Crippen MR) is 103 cm³/mol. The summed E-state index contributed by atoms with van der Waals surface area (Å²) in [5, 5.41) is 3.68. The Labute approximate surface area is 160 Å². The number of aryl methyl sites for hydroxylation is 3. The third kappa shape index (κ3) is 4.34. The van der Waals surface area contributed by atoms with E-state index in [1.807, 2.05) is 19.9 Å². The van der Waals surface area contributed by atoms with Gasteiger partial charge in [0.05, 0.1) is 6.54 Å². The first-order chi connectivity index (χ1) is 12.7. The van der Waals surface area contributed by atoms with Gasteiger partial charge in [-0.1, -0.05) is 17.7 Å². The van der Waals surface area contributed by atoms with Crippen LogP contribution in [0.4, 0.5) is 20.4 Å². The number of hydrogen-bond acceptors (Lipinski definition) is 3. The lowest BCUT2D eigenvalue weighted by Gasteiger charge is -2.16. The standard InChI is InChI=1S/C20H18ClF2N3O/c1-11-4-14(8-15(22)5-11)9-26-10-17(23)19(27)25-20(26)24-18-7-12(2)16(21)6-13(18)3/h4-8,10H,9H2,1-3H3,(H,24,25,27). The second kappa shape index (κ2) is 7.48. The number of aromatic nitrogens is 2.